The summed E-state index contributed by atoms with van der Waals surface area (Å²) in [5.74, 6) is 0.951. The first-order valence-corrected chi connectivity index (χ1v) is 14.6. The van der Waals surface area contributed by atoms with Gasteiger partial charge in [0.2, 0.25) is 11.8 Å². The van der Waals surface area contributed by atoms with Gasteiger partial charge in [-0.05, 0) is 49.6 Å². The van der Waals surface area contributed by atoms with Crippen LogP contribution in [0.5, 0.6) is 11.6 Å². The van der Waals surface area contributed by atoms with Gasteiger partial charge in [0.1, 0.15) is 23.4 Å². The standard InChI is InChI=1S/C29H32F3N7O2S/c1-17(2)15-39-12-5-4-7-19(39)14-33-27-20(10-11-24(37-27)29(30,31)32)21-13-25(35-16-34-21)41-22-8-6-9-23-26(22)38-28(42-23)36-18(3)40/h6,8-11,13,16-17,19H,4-5,7,12,14-15H2,1-3H3,(H,33,37)(H,36,38,40)/t19-/m0/s1. The number of benzene rings is 1. The molecule has 1 fully saturated rings. The molecule has 1 aliphatic heterocycles. The highest BCUT2D eigenvalue weighted by molar-refractivity contribution is 7.22. The van der Waals surface area contributed by atoms with Crippen LogP contribution in [0.4, 0.5) is 24.1 Å². The van der Waals surface area contributed by atoms with Crippen LogP contribution in [-0.4, -0.2) is 56.4 Å². The molecule has 4 aromatic rings. The minimum absolute atomic E-state index is 0.103. The Balaban J connectivity index is 1.43. The second-order valence-corrected chi connectivity index (χ2v) is 11.7. The molecule has 0 spiro atoms. The lowest BCUT2D eigenvalue weighted by atomic mass is 10.0. The number of hydrogen-bond donors (Lipinski definition) is 2. The molecule has 1 aliphatic rings. The number of likely N-dealkylation sites (tertiary alicyclic amines) is 1. The largest absolute Gasteiger partial charge is 0.437 e. The van der Waals surface area contributed by atoms with Crippen molar-refractivity contribution in [2.75, 3.05) is 30.3 Å². The minimum Gasteiger partial charge on any atom is -0.437 e. The monoisotopic (exact) mass is 599 g/mol. The Morgan fingerprint density at radius 1 is 1.17 bits per heavy atom. The van der Waals surface area contributed by atoms with E-state index < -0.39 is 11.9 Å². The van der Waals surface area contributed by atoms with Gasteiger partial charge in [0.05, 0.1) is 10.4 Å². The molecule has 13 heteroatoms. The maximum Gasteiger partial charge on any atom is 0.433 e. The lowest BCUT2D eigenvalue weighted by Gasteiger charge is -2.37. The van der Waals surface area contributed by atoms with Crippen molar-refractivity contribution in [3.8, 4) is 22.9 Å². The van der Waals surface area contributed by atoms with Crippen LogP contribution in [0.1, 0.15) is 45.7 Å². The summed E-state index contributed by atoms with van der Waals surface area (Å²) in [4.78, 5) is 30.8. The Morgan fingerprint density at radius 3 is 2.76 bits per heavy atom. The number of halogens is 3. The van der Waals surface area contributed by atoms with E-state index in [1.807, 2.05) is 6.07 Å². The zero-order valence-corrected chi connectivity index (χ0v) is 24.3. The van der Waals surface area contributed by atoms with Gasteiger partial charge in [0.15, 0.2) is 10.9 Å². The first kappa shape index (κ1) is 29.6. The number of amides is 1. The highest BCUT2D eigenvalue weighted by Gasteiger charge is 2.33. The van der Waals surface area contributed by atoms with Crippen molar-refractivity contribution in [3.63, 3.8) is 0 Å². The fourth-order valence-corrected chi connectivity index (χ4v) is 5.97. The molecule has 2 N–H and O–H groups in total. The van der Waals surface area contributed by atoms with Gasteiger partial charge in [-0.25, -0.2) is 19.9 Å². The van der Waals surface area contributed by atoms with Crippen molar-refractivity contribution in [2.45, 2.75) is 52.3 Å². The average molecular weight is 600 g/mol. The lowest BCUT2D eigenvalue weighted by molar-refractivity contribution is -0.141. The Hall–Kier alpha value is -3.84. The van der Waals surface area contributed by atoms with E-state index in [2.05, 4.69) is 49.3 Å². The zero-order valence-electron chi connectivity index (χ0n) is 23.5. The third-order valence-corrected chi connectivity index (χ3v) is 7.77. The second-order valence-electron chi connectivity index (χ2n) is 10.7. The van der Waals surface area contributed by atoms with Crippen molar-refractivity contribution in [3.05, 3.63) is 48.4 Å². The number of rotatable bonds is 9. The van der Waals surface area contributed by atoms with E-state index in [-0.39, 0.29) is 23.6 Å². The summed E-state index contributed by atoms with van der Waals surface area (Å²) in [5.41, 5.74) is 0.326. The minimum atomic E-state index is -4.59. The van der Waals surface area contributed by atoms with Crippen LogP contribution in [0.15, 0.2) is 42.7 Å². The number of piperidine rings is 1. The van der Waals surface area contributed by atoms with Crippen molar-refractivity contribution >= 4 is 38.4 Å². The predicted octanol–water partition coefficient (Wildman–Crippen LogP) is 6.84. The second kappa shape index (κ2) is 12.6. The fraction of sp³-hybridized carbons (Fsp3) is 0.414. The molecule has 9 nitrogen and oxygen atoms in total. The SMILES string of the molecule is CC(=O)Nc1nc2c(Oc3cc(-c4ccc(C(F)(F)F)nc4NC[C@@H]4CCCCN4CC(C)C)ncn3)cccc2s1. The third kappa shape index (κ3) is 7.13. The number of thiazole rings is 1. The molecule has 1 aromatic carbocycles. The Labute approximate surface area is 245 Å². The number of fused-ring (bicyclic) bond motifs is 1. The van der Waals surface area contributed by atoms with E-state index in [1.54, 1.807) is 18.2 Å². The maximum atomic E-state index is 13.6. The summed E-state index contributed by atoms with van der Waals surface area (Å²) in [6, 6.07) is 9.45. The summed E-state index contributed by atoms with van der Waals surface area (Å²) < 4.78 is 47.8. The van der Waals surface area contributed by atoms with Crippen molar-refractivity contribution in [1.29, 1.82) is 0 Å². The third-order valence-electron chi connectivity index (χ3n) is 6.84. The van der Waals surface area contributed by atoms with Gasteiger partial charge >= 0.3 is 6.18 Å². The quantitative estimate of drug-likeness (QED) is 0.216. The number of nitrogens with zero attached hydrogens (tertiary/aromatic N) is 5. The van der Waals surface area contributed by atoms with E-state index in [0.29, 0.717) is 40.1 Å². The first-order chi connectivity index (χ1) is 20.1. The summed E-state index contributed by atoms with van der Waals surface area (Å²) in [7, 11) is 0. The van der Waals surface area contributed by atoms with Crippen LogP contribution in [0.25, 0.3) is 21.5 Å². The van der Waals surface area contributed by atoms with E-state index >= 15 is 0 Å². The van der Waals surface area contributed by atoms with Gasteiger partial charge in [-0.15, -0.1) is 0 Å². The van der Waals surface area contributed by atoms with Crippen LogP contribution in [0.2, 0.25) is 0 Å². The molecule has 0 radical (unpaired) electrons. The molecule has 0 aliphatic carbocycles. The number of hydrogen-bond acceptors (Lipinski definition) is 9. The highest BCUT2D eigenvalue weighted by Crippen LogP contribution is 2.36. The van der Waals surface area contributed by atoms with E-state index in [0.717, 1.165) is 43.1 Å². The Kier molecular flexibility index (Phi) is 8.88. The number of nitrogens with one attached hydrogen (secondary N) is 2. The van der Waals surface area contributed by atoms with Gasteiger partial charge in [-0.1, -0.05) is 37.7 Å². The number of carbonyl (C=O) groups excluding carboxylic acids is 1. The van der Waals surface area contributed by atoms with E-state index in [4.69, 9.17) is 4.74 Å². The molecule has 222 valence electrons. The first-order valence-electron chi connectivity index (χ1n) is 13.8. The molecule has 0 saturated carbocycles. The van der Waals surface area contributed by atoms with Crippen molar-refractivity contribution in [1.82, 2.24) is 24.8 Å². The molecule has 3 aromatic heterocycles. The molecule has 4 heterocycles. The van der Waals surface area contributed by atoms with Gasteiger partial charge in [-0.3, -0.25) is 9.69 Å². The van der Waals surface area contributed by atoms with Crippen molar-refractivity contribution < 1.29 is 22.7 Å². The number of anilines is 2. The number of aromatic nitrogens is 4. The van der Waals surface area contributed by atoms with Gasteiger partial charge < -0.3 is 15.4 Å². The van der Waals surface area contributed by atoms with Gasteiger partial charge in [-0.2, -0.15) is 13.2 Å². The highest BCUT2D eigenvalue weighted by atomic mass is 32.1. The van der Waals surface area contributed by atoms with Crippen LogP contribution in [0, 0.1) is 5.92 Å². The Bertz CT molecular complexity index is 1560. The lowest BCUT2D eigenvalue weighted by Crippen LogP contribution is -2.45. The van der Waals surface area contributed by atoms with Crippen LogP contribution in [0.3, 0.4) is 0 Å². The molecule has 5 rings (SSSR count). The van der Waals surface area contributed by atoms with Gasteiger partial charge in [0, 0.05) is 37.7 Å². The molecular weight excluding hydrogens is 567 g/mol. The average Bonchev–Trinajstić information content (AvgIpc) is 3.34. The topological polar surface area (TPSA) is 105 Å². The number of alkyl halides is 3. The number of para-hydroxylation sites is 1. The summed E-state index contributed by atoms with van der Waals surface area (Å²) >= 11 is 1.31. The molecule has 42 heavy (non-hydrogen) atoms. The molecule has 1 amide bonds. The van der Waals surface area contributed by atoms with Crippen molar-refractivity contribution in [2.24, 2.45) is 5.92 Å². The summed E-state index contributed by atoms with van der Waals surface area (Å²) in [6.07, 6.45) is -0.143. The zero-order chi connectivity index (χ0) is 29.9. The van der Waals surface area contributed by atoms with Crippen LogP contribution < -0.4 is 15.4 Å². The maximum absolute atomic E-state index is 13.6. The van der Waals surface area contributed by atoms with E-state index in [1.165, 1.54) is 30.7 Å². The summed E-state index contributed by atoms with van der Waals surface area (Å²) in [6.45, 7) is 8.10. The molecule has 0 unspecified atom stereocenters. The number of ether oxygens (including phenoxy) is 1. The predicted molar refractivity (Wildman–Crippen MR) is 157 cm³/mol. The normalized spacial score (nSPS) is 16.1. The molecular formula is C29H32F3N7O2S. The number of pyridine rings is 1. The van der Waals surface area contributed by atoms with Gasteiger partial charge in [0.25, 0.3) is 0 Å². The smallest absolute Gasteiger partial charge is 0.433 e. The summed E-state index contributed by atoms with van der Waals surface area (Å²) in [5, 5.41) is 6.32. The fourth-order valence-electron chi connectivity index (χ4n) is 5.04. The molecule has 0 bridgehead atoms. The molecule has 1 atom stereocenters. The van der Waals surface area contributed by atoms with E-state index in [9.17, 15) is 18.0 Å². The number of carbonyl (C=O) groups is 1. The Morgan fingerprint density at radius 2 is 2.00 bits per heavy atom. The van der Waals surface area contributed by atoms with Crippen LogP contribution >= 0.6 is 11.3 Å². The van der Waals surface area contributed by atoms with Crippen LogP contribution in [-0.2, 0) is 11.0 Å². The molecule has 1 saturated heterocycles.